The smallest absolute Gasteiger partial charge is 0.227 e. The van der Waals surface area contributed by atoms with Gasteiger partial charge in [-0.2, -0.15) is 0 Å². The standard InChI is InChI=1S/CH3BrClNO2S/c2-1(3)7(4,5)6/h1H,(H2,4,5,6). The quantitative estimate of drug-likeness (QED) is 0.626. The maximum atomic E-state index is 9.93. The van der Waals surface area contributed by atoms with E-state index in [0.29, 0.717) is 0 Å². The lowest BCUT2D eigenvalue weighted by molar-refractivity contribution is 0.601. The molecule has 0 aliphatic rings. The van der Waals surface area contributed by atoms with E-state index in [0.717, 1.165) is 0 Å². The number of nitrogens with two attached hydrogens (primary N) is 1. The topological polar surface area (TPSA) is 60.2 Å². The van der Waals surface area contributed by atoms with Crippen LogP contribution >= 0.6 is 27.5 Å². The minimum atomic E-state index is -3.56. The highest BCUT2D eigenvalue weighted by molar-refractivity contribution is 9.11. The van der Waals surface area contributed by atoms with Crippen LogP contribution < -0.4 is 5.14 Å². The SMILES string of the molecule is NS(=O)(=O)C(Cl)Br. The van der Waals surface area contributed by atoms with Crippen LogP contribution in [0.15, 0.2) is 0 Å². The molecule has 0 aromatic rings. The van der Waals surface area contributed by atoms with E-state index in [1.807, 2.05) is 0 Å². The van der Waals surface area contributed by atoms with E-state index in [1.165, 1.54) is 0 Å². The van der Waals surface area contributed by atoms with Crippen molar-refractivity contribution in [3.05, 3.63) is 0 Å². The average Bonchev–Trinajstić information content (AvgIpc) is 1.31. The van der Waals surface area contributed by atoms with E-state index in [-0.39, 0.29) is 0 Å². The van der Waals surface area contributed by atoms with Gasteiger partial charge in [0.2, 0.25) is 13.6 Å². The van der Waals surface area contributed by atoms with Crippen molar-refractivity contribution in [3.63, 3.8) is 0 Å². The first-order chi connectivity index (χ1) is 2.94. The van der Waals surface area contributed by atoms with Gasteiger partial charge in [-0.1, -0.05) is 27.5 Å². The second-order valence-electron chi connectivity index (χ2n) is 0.850. The van der Waals surface area contributed by atoms with Gasteiger partial charge < -0.3 is 0 Å². The third kappa shape index (κ3) is 3.28. The van der Waals surface area contributed by atoms with Gasteiger partial charge in [0, 0.05) is 0 Å². The van der Waals surface area contributed by atoms with E-state index in [4.69, 9.17) is 11.6 Å². The maximum absolute atomic E-state index is 9.93. The highest BCUT2D eigenvalue weighted by Gasteiger charge is 2.11. The number of primary sulfonamides is 1. The number of rotatable bonds is 1. The summed E-state index contributed by atoms with van der Waals surface area (Å²) < 4.78 is 18.7. The molecule has 0 bridgehead atoms. The van der Waals surface area contributed by atoms with Gasteiger partial charge in [-0.05, 0) is 0 Å². The fraction of sp³-hybridized carbons (Fsp3) is 1.00. The fourth-order valence-corrected chi connectivity index (χ4v) is 0. The lowest BCUT2D eigenvalue weighted by Gasteiger charge is -1.91. The summed E-state index contributed by atoms with van der Waals surface area (Å²) in [7, 11) is -3.56. The van der Waals surface area contributed by atoms with Crippen LogP contribution in [0, 0.1) is 0 Å². The zero-order chi connectivity index (χ0) is 6.08. The third-order valence-corrected chi connectivity index (χ3v) is 3.05. The molecule has 0 aromatic heterocycles. The molecule has 3 nitrogen and oxygen atoms in total. The zero-order valence-corrected chi connectivity index (χ0v) is 6.29. The lowest BCUT2D eigenvalue weighted by Crippen LogP contribution is -2.18. The van der Waals surface area contributed by atoms with E-state index >= 15 is 0 Å². The molecule has 0 aromatic carbocycles. The predicted molar refractivity (Wildman–Crippen MR) is 31.7 cm³/mol. The Balaban J connectivity index is 4.10. The van der Waals surface area contributed by atoms with Crippen molar-refractivity contribution in [2.24, 2.45) is 5.14 Å². The fourth-order valence-electron chi connectivity index (χ4n) is 0. The Bertz CT molecular complexity index is 140. The van der Waals surface area contributed by atoms with Gasteiger partial charge in [0.05, 0.1) is 0 Å². The predicted octanol–water partition coefficient (Wildman–Crippen LogP) is 0.192. The second-order valence-corrected chi connectivity index (χ2v) is 5.24. The summed E-state index contributed by atoms with van der Waals surface area (Å²) in [5.41, 5.74) is 0. The highest BCUT2D eigenvalue weighted by atomic mass is 79.9. The summed E-state index contributed by atoms with van der Waals surface area (Å²) in [6.07, 6.45) is 0. The molecule has 6 heteroatoms. The molecular formula is CH3BrClNO2S. The molecule has 0 heterocycles. The first-order valence-corrected chi connectivity index (χ1v) is 4.20. The van der Waals surface area contributed by atoms with E-state index in [2.05, 4.69) is 21.1 Å². The molecule has 0 aliphatic carbocycles. The Kier molecular flexibility index (Phi) is 2.52. The molecule has 0 saturated carbocycles. The van der Waals surface area contributed by atoms with Crippen LogP contribution in [0.4, 0.5) is 0 Å². The Morgan fingerprint density at radius 2 is 1.86 bits per heavy atom. The molecule has 0 aliphatic heterocycles. The molecule has 0 saturated heterocycles. The summed E-state index contributed by atoms with van der Waals surface area (Å²) in [4.78, 5) is 0. The maximum Gasteiger partial charge on any atom is 0.236 e. The van der Waals surface area contributed by atoms with Crippen molar-refractivity contribution in [2.45, 2.75) is 3.62 Å². The summed E-state index contributed by atoms with van der Waals surface area (Å²) in [5, 5.41) is 4.47. The van der Waals surface area contributed by atoms with Gasteiger partial charge >= 0.3 is 0 Å². The van der Waals surface area contributed by atoms with Crippen LogP contribution in [0.5, 0.6) is 0 Å². The number of alkyl halides is 2. The molecule has 0 fully saturated rings. The molecule has 0 radical (unpaired) electrons. The summed E-state index contributed by atoms with van der Waals surface area (Å²) >= 11 is 7.50. The second kappa shape index (κ2) is 2.30. The van der Waals surface area contributed by atoms with Gasteiger partial charge in [-0.3, -0.25) is 0 Å². The normalized spacial score (nSPS) is 16.4. The van der Waals surface area contributed by atoms with Gasteiger partial charge in [-0.25, -0.2) is 13.6 Å². The van der Waals surface area contributed by atoms with Crippen molar-refractivity contribution < 1.29 is 8.42 Å². The minimum absolute atomic E-state index is 1.17. The molecule has 1 atom stereocenters. The molecule has 2 N–H and O–H groups in total. The summed E-state index contributed by atoms with van der Waals surface area (Å²) in [6, 6.07) is 0. The first-order valence-electron chi connectivity index (χ1n) is 1.24. The van der Waals surface area contributed by atoms with Crippen LogP contribution in [-0.2, 0) is 10.0 Å². The van der Waals surface area contributed by atoms with Crippen molar-refractivity contribution in [1.82, 2.24) is 0 Å². The van der Waals surface area contributed by atoms with Crippen molar-refractivity contribution in [3.8, 4) is 0 Å². The minimum Gasteiger partial charge on any atom is -0.227 e. The van der Waals surface area contributed by atoms with E-state index in [1.54, 1.807) is 0 Å². The van der Waals surface area contributed by atoms with Crippen molar-refractivity contribution >= 4 is 37.6 Å². The first kappa shape index (κ1) is 7.68. The molecule has 0 spiro atoms. The Morgan fingerprint density at radius 1 is 1.71 bits per heavy atom. The number of hydrogen-bond acceptors (Lipinski definition) is 2. The van der Waals surface area contributed by atoms with Crippen LogP contribution in [0.2, 0.25) is 0 Å². The Labute approximate surface area is 55.0 Å². The van der Waals surface area contributed by atoms with Crippen LogP contribution in [0.25, 0.3) is 0 Å². The lowest BCUT2D eigenvalue weighted by atomic mass is 11.9. The van der Waals surface area contributed by atoms with Crippen LogP contribution in [0.1, 0.15) is 0 Å². The molecule has 44 valence electrons. The summed E-state index contributed by atoms with van der Waals surface area (Å²) in [5.74, 6) is 0. The van der Waals surface area contributed by atoms with Crippen molar-refractivity contribution in [1.29, 1.82) is 0 Å². The van der Waals surface area contributed by atoms with Crippen LogP contribution in [-0.4, -0.2) is 12.0 Å². The summed E-state index contributed by atoms with van der Waals surface area (Å²) in [6.45, 7) is 0. The highest BCUT2D eigenvalue weighted by Crippen LogP contribution is 2.08. The Morgan fingerprint density at radius 3 is 1.86 bits per heavy atom. The van der Waals surface area contributed by atoms with E-state index in [9.17, 15) is 8.42 Å². The molecule has 1 unspecified atom stereocenters. The van der Waals surface area contributed by atoms with Gasteiger partial charge in [0.15, 0.2) is 0 Å². The average molecular weight is 208 g/mol. The van der Waals surface area contributed by atoms with Gasteiger partial charge in [-0.15, -0.1) is 0 Å². The number of sulfonamides is 1. The zero-order valence-electron chi connectivity index (χ0n) is 3.14. The monoisotopic (exact) mass is 207 g/mol. The van der Waals surface area contributed by atoms with E-state index < -0.39 is 13.6 Å². The molecule has 0 amide bonds. The van der Waals surface area contributed by atoms with Gasteiger partial charge in [0.1, 0.15) is 0 Å². The van der Waals surface area contributed by atoms with Gasteiger partial charge in [0.25, 0.3) is 0 Å². The third-order valence-electron chi connectivity index (χ3n) is 0.248. The van der Waals surface area contributed by atoms with Crippen LogP contribution in [0.3, 0.4) is 0 Å². The molecule has 7 heavy (non-hydrogen) atoms. The largest absolute Gasteiger partial charge is 0.236 e. The molecular weight excluding hydrogens is 205 g/mol. The number of hydrogen-bond donors (Lipinski definition) is 1. The Hall–Kier alpha value is 0.680. The van der Waals surface area contributed by atoms with Crippen molar-refractivity contribution in [2.75, 3.05) is 0 Å². The number of halogens is 2. The molecule has 0 rings (SSSR count).